The summed E-state index contributed by atoms with van der Waals surface area (Å²) in [5.74, 6) is 0. The first kappa shape index (κ1) is 6.87. The Hall–Kier alpha value is -0.130. The molecular formula is C3H6IN3. The molecule has 0 aliphatic rings. The fraction of sp³-hybridized carbons (Fsp3) is 0.333. The van der Waals surface area contributed by atoms with Crippen molar-refractivity contribution in [1.29, 1.82) is 0 Å². The van der Waals surface area contributed by atoms with Crippen LogP contribution < -0.4 is 0 Å². The third kappa shape index (κ3) is 5.87. The summed E-state index contributed by atoms with van der Waals surface area (Å²) in [5, 5.41) is 3.71. The van der Waals surface area contributed by atoms with Crippen LogP contribution in [0.2, 0.25) is 0 Å². The molecule has 0 aromatic carbocycles. The molecule has 0 N–H and O–H groups in total. The number of hydrogen-bond acceptors (Lipinski definition) is 2. The van der Waals surface area contributed by atoms with E-state index in [-0.39, 0.29) is 0 Å². The number of rotatable bonds is 2. The molecule has 0 unspecified atom stereocenters. The smallest absolute Gasteiger partial charge is 0.135 e. The van der Waals surface area contributed by atoms with Gasteiger partial charge in [0, 0.05) is 7.05 Å². The molecule has 3 nitrogen and oxygen atoms in total. The molecule has 0 aliphatic carbocycles. The minimum absolute atomic E-state index is 1.38. The number of aliphatic imine (C=N–C) groups is 1. The maximum atomic E-state index is 3.71. The van der Waals surface area contributed by atoms with Crippen molar-refractivity contribution in [3.63, 3.8) is 0 Å². The van der Waals surface area contributed by atoms with E-state index in [0.717, 1.165) is 0 Å². The molecule has 4 heteroatoms. The van der Waals surface area contributed by atoms with Crippen LogP contribution in [-0.2, 0) is 0 Å². The Bertz CT molecular complexity index is 78.2. The van der Waals surface area contributed by atoms with Gasteiger partial charge in [-0.25, -0.2) is 3.22 Å². The minimum atomic E-state index is 1.38. The summed E-state index contributed by atoms with van der Waals surface area (Å²) in [4.78, 5) is 3.39. The maximum absolute atomic E-state index is 3.71. The molecule has 7 heavy (non-hydrogen) atoms. The zero-order valence-corrected chi connectivity index (χ0v) is 6.16. The molecule has 0 radical (unpaired) electrons. The van der Waals surface area contributed by atoms with Gasteiger partial charge < -0.3 is 0 Å². The van der Waals surface area contributed by atoms with Crippen LogP contribution in [-0.4, -0.2) is 23.3 Å². The SMILES string of the molecule is C=N/C=N\N(C)I. The van der Waals surface area contributed by atoms with Crippen LogP contribution in [0.25, 0.3) is 0 Å². The summed E-state index contributed by atoms with van der Waals surface area (Å²) in [7, 11) is 1.81. The molecule has 0 heterocycles. The Balaban J connectivity index is 3.25. The summed E-state index contributed by atoms with van der Waals surface area (Å²) < 4.78 is 1.62. The Kier molecular flexibility index (Phi) is 3.97. The molecule has 0 atom stereocenters. The molecule has 0 amide bonds. The van der Waals surface area contributed by atoms with Crippen LogP contribution in [0.3, 0.4) is 0 Å². The lowest BCUT2D eigenvalue weighted by atomic mass is 11.3. The third-order valence-electron chi connectivity index (χ3n) is 0.292. The van der Waals surface area contributed by atoms with Gasteiger partial charge in [-0.1, -0.05) is 0 Å². The van der Waals surface area contributed by atoms with Gasteiger partial charge in [-0.05, 0) is 6.72 Å². The van der Waals surface area contributed by atoms with Crippen molar-refractivity contribution in [2.75, 3.05) is 7.05 Å². The Labute approximate surface area is 56.6 Å². The van der Waals surface area contributed by atoms with E-state index in [9.17, 15) is 0 Å². The van der Waals surface area contributed by atoms with Crippen LogP contribution in [0.4, 0.5) is 0 Å². The van der Waals surface area contributed by atoms with Crippen molar-refractivity contribution in [3.05, 3.63) is 0 Å². The Morgan fingerprint density at radius 1 is 1.86 bits per heavy atom. The van der Waals surface area contributed by atoms with Gasteiger partial charge in [0.25, 0.3) is 0 Å². The van der Waals surface area contributed by atoms with Crippen molar-refractivity contribution in [3.8, 4) is 0 Å². The average molecular weight is 211 g/mol. The largest absolute Gasteiger partial charge is 0.251 e. The monoisotopic (exact) mass is 211 g/mol. The van der Waals surface area contributed by atoms with E-state index in [1.54, 1.807) is 3.22 Å². The first-order valence-corrected chi connectivity index (χ1v) is 2.61. The second kappa shape index (κ2) is 4.04. The number of nitrogens with zero attached hydrogens (tertiary/aromatic N) is 3. The standard InChI is InChI=1S/C3H6IN3/c1-5-3-6-7(2)4/h3H,1H2,2H3/b6-3-. The molecule has 0 bridgehead atoms. The van der Waals surface area contributed by atoms with E-state index in [0.29, 0.717) is 0 Å². The molecule has 0 aromatic heterocycles. The van der Waals surface area contributed by atoms with Crippen molar-refractivity contribution in [1.82, 2.24) is 3.22 Å². The highest BCUT2D eigenvalue weighted by Crippen LogP contribution is 1.89. The van der Waals surface area contributed by atoms with Crippen LogP contribution in [0, 0.1) is 0 Å². The average Bonchev–Trinajstić information content (AvgIpc) is 1.61. The van der Waals surface area contributed by atoms with Crippen molar-refractivity contribution in [2.24, 2.45) is 10.1 Å². The van der Waals surface area contributed by atoms with Gasteiger partial charge >= 0.3 is 0 Å². The molecule has 0 saturated heterocycles. The zero-order chi connectivity index (χ0) is 5.70. The van der Waals surface area contributed by atoms with E-state index in [1.807, 2.05) is 29.9 Å². The van der Waals surface area contributed by atoms with Crippen LogP contribution in [0.5, 0.6) is 0 Å². The Morgan fingerprint density at radius 3 is 2.57 bits per heavy atom. The fourth-order valence-electron chi connectivity index (χ4n) is 0.108. The topological polar surface area (TPSA) is 28.0 Å². The van der Waals surface area contributed by atoms with Gasteiger partial charge in [0.15, 0.2) is 0 Å². The summed E-state index contributed by atoms with van der Waals surface area (Å²) in [6.07, 6.45) is 1.38. The molecule has 0 fully saturated rings. The number of hydrazone groups is 1. The predicted molar refractivity (Wildman–Crippen MR) is 39.8 cm³/mol. The van der Waals surface area contributed by atoms with Gasteiger partial charge in [0.2, 0.25) is 0 Å². The summed E-state index contributed by atoms with van der Waals surface area (Å²) >= 11 is 2.01. The molecule has 0 aromatic rings. The molecule has 0 rings (SSSR count). The van der Waals surface area contributed by atoms with Crippen molar-refractivity contribution < 1.29 is 0 Å². The van der Waals surface area contributed by atoms with E-state index in [2.05, 4.69) is 16.8 Å². The quantitative estimate of drug-likeness (QED) is 0.219. The third-order valence-corrected chi connectivity index (χ3v) is 0.542. The van der Waals surface area contributed by atoms with E-state index < -0.39 is 0 Å². The summed E-state index contributed by atoms with van der Waals surface area (Å²) in [6.45, 7) is 3.20. The summed E-state index contributed by atoms with van der Waals surface area (Å²) in [6, 6.07) is 0. The van der Waals surface area contributed by atoms with Gasteiger partial charge in [0.1, 0.15) is 6.34 Å². The first-order chi connectivity index (χ1) is 3.27. The van der Waals surface area contributed by atoms with Gasteiger partial charge in [-0.15, -0.1) is 0 Å². The second-order valence-electron chi connectivity index (χ2n) is 0.858. The first-order valence-electron chi connectivity index (χ1n) is 1.65. The number of hydrogen-bond donors (Lipinski definition) is 0. The predicted octanol–water partition coefficient (Wildman–Crippen LogP) is 0.912. The van der Waals surface area contributed by atoms with Crippen LogP contribution >= 0.6 is 22.9 Å². The van der Waals surface area contributed by atoms with Crippen molar-refractivity contribution in [2.45, 2.75) is 0 Å². The molecule has 0 spiro atoms. The highest BCUT2D eigenvalue weighted by Gasteiger charge is 1.71. The normalized spacial score (nSPS) is 9.43. The number of halogens is 1. The highest BCUT2D eigenvalue weighted by atomic mass is 127. The minimum Gasteiger partial charge on any atom is -0.251 e. The van der Waals surface area contributed by atoms with Gasteiger partial charge in [-0.3, -0.25) is 4.99 Å². The summed E-state index contributed by atoms with van der Waals surface area (Å²) in [5.41, 5.74) is 0. The van der Waals surface area contributed by atoms with Crippen molar-refractivity contribution >= 4 is 35.9 Å². The lowest BCUT2D eigenvalue weighted by Gasteiger charge is -1.94. The van der Waals surface area contributed by atoms with E-state index in [4.69, 9.17) is 0 Å². The van der Waals surface area contributed by atoms with Gasteiger partial charge in [0.05, 0.1) is 22.9 Å². The molecule has 0 aliphatic heterocycles. The highest BCUT2D eigenvalue weighted by molar-refractivity contribution is 14.1. The maximum Gasteiger partial charge on any atom is 0.135 e. The second-order valence-corrected chi connectivity index (χ2v) is 2.25. The molecule has 40 valence electrons. The van der Waals surface area contributed by atoms with Gasteiger partial charge in [-0.2, -0.15) is 5.10 Å². The van der Waals surface area contributed by atoms with E-state index >= 15 is 0 Å². The zero-order valence-electron chi connectivity index (χ0n) is 4.00. The van der Waals surface area contributed by atoms with Crippen LogP contribution in [0.15, 0.2) is 10.1 Å². The van der Waals surface area contributed by atoms with Crippen LogP contribution in [0.1, 0.15) is 0 Å². The lowest BCUT2D eigenvalue weighted by molar-refractivity contribution is 0.669. The van der Waals surface area contributed by atoms with E-state index in [1.165, 1.54) is 6.34 Å². The Morgan fingerprint density at radius 2 is 2.43 bits per heavy atom. The fourth-order valence-corrected chi connectivity index (χ4v) is 0.219. The molecule has 0 saturated carbocycles. The molecular weight excluding hydrogens is 205 g/mol. The lowest BCUT2D eigenvalue weighted by Crippen LogP contribution is -1.89.